The molecule has 2 aromatic heterocycles. The molecule has 0 radical (unpaired) electrons. The third kappa shape index (κ3) is 3.29. The summed E-state index contributed by atoms with van der Waals surface area (Å²) >= 11 is 1.35. The summed E-state index contributed by atoms with van der Waals surface area (Å²) in [4.78, 5) is 8.97. The van der Waals surface area contributed by atoms with E-state index in [1.54, 1.807) is 6.20 Å². The molecule has 8 heteroatoms. The molecule has 0 bridgehead atoms. The van der Waals surface area contributed by atoms with Gasteiger partial charge in [-0.1, -0.05) is 20.8 Å². The van der Waals surface area contributed by atoms with E-state index in [9.17, 15) is 13.0 Å². The molecule has 2 heterocycles. The van der Waals surface area contributed by atoms with Crippen molar-refractivity contribution in [3.8, 4) is 0 Å². The molecule has 2 aromatic rings. The number of imidazole rings is 1. The van der Waals surface area contributed by atoms with Gasteiger partial charge in [-0.15, -0.1) is 11.3 Å². The Morgan fingerprint density at radius 1 is 1.40 bits per heavy atom. The van der Waals surface area contributed by atoms with Gasteiger partial charge in [0.2, 0.25) is 0 Å². The predicted octanol–water partition coefficient (Wildman–Crippen LogP) is 3.34. The number of thiazole rings is 1. The van der Waals surface area contributed by atoms with Crippen LogP contribution in [0.25, 0.3) is 0 Å². The fourth-order valence-corrected chi connectivity index (χ4v) is 3.80. The number of aromatic nitrogens is 3. The lowest BCUT2D eigenvalue weighted by Crippen LogP contribution is -2.08. The van der Waals surface area contributed by atoms with E-state index >= 15 is 0 Å². The summed E-state index contributed by atoms with van der Waals surface area (Å²) in [5, 5.41) is 0. The summed E-state index contributed by atoms with van der Waals surface area (Å²) < 4.78 is 38.7. The highest BCUT2D eigenvalue weighted by atomic mass is 32.2. The Hall–Kier alpha value is -1.15. The Morgan fingerprint density at radius 2 is 2.10 bits per heavy atom. The van der Waals surface area contributed by atoms with Crippen LogP contribution in [0.2, 0.25) is 0 Å². The Morgan fingerprint density at radius 3 is 2.65 bits per heavy atom. The summed E-state index contributed by atoms with van der Waals surface area (Å²) in [5.41, 5.74) is -0.0679. The smallest absolute Gasteiger partial charge is 0.277 e. The van der Waals surface area contributed by atoms with Crippen LogP contribution in [0, 0.1) is 0 Å². The van der Waals surface area contributed by atoms with E-state index in [0.717, 1.165) is 9.44 Å². The van der Waals surface area contributed by atoms with Gasteiger partial charge in [0.1, 0.15) is 5.82 Å². The maximum absolute atomic E-state index is 12.7. The largest absolute Gasteiger partial charge is 0.319 e. The highest BCUT2D eigenvalue weighted by Gasteiger charge is 2.21. The lowest BCUT2D eigenvalue weighted by molar-refractivity contribution is 0.0677. The van der Waals surface area contributed by atoms with Crippen molar-refractivity contribution in [2.75, 3.05) is 0 Å². The van der Waals surface area contributed by atoms with Crippen molar-refractivity contribution in [3.05, 3.63) is 29.3 Å². The molecule has 0 fully saturated rings. The Balaban J connectivity index is 2.16. The van der Waals surface area contributed by atoms with Crippen molar-refractivity contribution in [1.29, 1.82) is 0 Å². The van der Waals surface area contributed by atoms with E-state index in [1.807, 2.05) is 20.8 Å². The maximum atomic E-state index is 12.7. The Labute approximate surface area is 122 Å². The van der Waals surface area contributed by atoms with E-state index in [4.69, 9.17) is 0 Å². The number of rotatable bonds is 4. The first-order valence-electron chi connectivity index (χ1n) is 5.93. The van der Waals surface area contributed by atoms with E-state index < -0.39 is 17.3 Å². The average molecular weight is 319 g/mol. The van der Waals surface area contributed by atoms with Crippen LogP contribution < -0.4 is 0 Å². The molecule has 2 rings (SSSR count). The summed E-state index contributed by atoms with van der Waals surface area (Å²) in [7, 11) is -1.46. The average Bonchev–Trinajstić information content (AvgIpc) is 2.95. The van der Waals surface area contributed by atoms with Crippen molar-refractivity contribution in [1.82, 2.24) is 14.5 Å². The third-order valence-corrected chi connectivity index (χ3v) is 5.68. The van der Waals surface area contributed by atoms with E-state index in [-0.39, 0.29) is 17.0 Å². The molecular formula is C12H15F2N3OS2. The van der Waals surface area contributed by atoms with E-state index in [0.29, 0.717) is 4.34 Å². The number of hydrogen-bond donors (Lipinski definition) is 0. The Kier molecular flexibility index (Phi) is 4.33. The number of alkyl halides is 2. The van der Waals surface area contributed by atoms with Gasteiger partial charge in [-0.2, -0.15) is 8.78 Å². The molecule has 0 spiro atoms. The third-order valence-electron chi connectivity index (χ3n) is 2.64. The molecule has 1 atom stereocenters. The molecule has 0 aliphatic heterocycles. The van der Waals surface area contributed by atoms with Gasteiger partial charge >= 0.3 is 6.55 Å². The topological polar surface area (TPSA) is 47.8 Å². The standard InChI is InChI=1S/C12H15F2N3OS2/c1-12(2,3)8-6-16-11(19-8)20(18)7-9-15-4-5-17(9)10(13)14/h4-6,10H,7H2,1-3H3. The fourth-order valence-electron chi connectivity index (χ4n) is 1.52. The molecule has 0 saturated heterocycles. The quantitative estimate of drug-likeness (QED) is 0.868. The molecule has 0 aliphatic rings. The van der Waals surface area contributed by atoms with Gasteiger partial charge in [0.05, 0.1) is 16.6 Å². The molecule has 0 saturated carbocycles. The minimum Gasteiger partial charge on any atom is -0.277 e. The van der Waals surface area contributed by atoms with Crippen LogP contribution in [0.3, 0.4) is 0 Å². The molecule has 1 unspecified atom stereocenters. The van der Waals surface area contributed by atoms with Gasteiger partial charge in [-0.25, -0.2) is 9.97 Å². The van der Waals surface area contributed by atoms with Crippen molar-refractivity contribution in [2.45, 2.75) is 42.8 Å². The van der Waals surface area contributed by atoms with Crippen molar-refractivity contribution in [2.24, 2.45) is 0 Å². The molecule has 20 heavy (non-hydrogen) atoms. The first-order chi connectivity index (χ1) is 9.29. The summed E-state index contributed by atoms with van der Waals surface area (Å²) in [6, 6.07) is 0. The first-order valence-corrected chi connectivity index (χ1v) is 8.07. The normalized spacial score (nSPS) is 13.9. The zero-order valence-electron chi connectivity index (χ0n) is 11.3. The molecule has 110 valence electrons. The van der Waals surface area contributed by atoms with Crippen LogP contribution >= 0.6 is 11.3 Å². The predicted molar refractivity (Wildman–Crippen MR) is 74.4 cm³/mol. The second-order valence-electron chi connectivity index (χ2n) is 5.26. The monoisotopic (exact) mass is 319 g/mol. The molecule has 0 aliphatic carbocycles. The second-order valence-corrected chi connectivity index (χ2v) is 7.91. The van der Waals surface area contributed by atoms with E-state index in [2.05, 4.69) is 9.97 Å². The summed E-state index contributed by atoms with van der Waals surface area (Å²) in [6.07, 6.45) is 4.15. The van der Waals surface area contributed by atoms with Gasteiger partial charge in [0.25, 0.3) is 0 Å². The first kappa shape index (κ1) is 15.2. The number of halogens is 2. The van der Waals surface area contributed by atoms with Gasteiger partial charge in [-0.3, -0.25) is 8.78 Å². The van der Waals surface area contributed by atoms with Crippen LogP contribution in [0.5, 0.6) is 0 Å². The Bertz CT molecular complexity index is 616. The second kappa shape index (κ2) is 5.69. The van der Waals surface area contributed by atoms with Gasteiger partial charge in [0, 0.05) is 23.5 Å². The van der Waals surface area contributed by atoms with Crippen molar-refractivity contribution in [3.63, 3.8) is 0 Å². The van der Waals surface area contributed by atoms with Crippen molar-refractivity contribution < 1.29 is 13.0 Å². The zero-order valence-corrected chi connectivity index (χ0v) is 13.0. The zero-order chi connectivity index (χ0) is 14.9. The molecule has 0 amide bonds. The molecule has 0 N–H and O–H groups in total. The lowest BCUT2D eigenvalue weighted by atomic mass is 9.96. The van der Waals surface area contributed by atoms with Crippen molar-refractivity contribution >= 4 is 22.1 Å². The molecular weight excluding hydrogens is 304 g/mol. The van der Waals surface area contributed by atoms with Gasteiger partial charge in [0.15, 0.2) is 4.34 Å². The maximum Gasteiger partial charge on any atom is 0.319 e. The van der Waals surface area contributed by atoms with Crippen LogP contribution in [0.1, 0.15) is 38.0 Å². The number of hydrogen-bond acceptors (Lipinski definition) is 4. The summed E-state index contributed by atoms with van der Waals surface area (Å²) in [6.45, 7) is 3.44. The number of nitrogens with zero attached hydrogens (tertiary/aromatic N) is 3. The molecule has 4 nitrogen and oxygen atoms in total. The minimum absolute atomic E-state index is 0.0611. The van der Waals surface area contributed by atoms with Crippen LogP contribution in [0.15, 0.2) is 22.9 Å². The van der Waals surface area contributed by atoms with Crippen LogP contribution in [0.4, 0.5) is 8.78 Å². The SMILES string of the molecule is CC(C)(C)c1cnc(S(=O)Cc2nccn2C(F)F)s1. The van der Waals surface area contributed by atoms with Gasteiger partial charge < -0.3 is 0 Å². The highest BCUT2D eigenvalue weighted by Crippen LogP contribution is 2.29. The molecule has 0 aromatic carbocycles. The van der Waals surface area contributed by atoms with E-state index in [1.165, 1.54) is 23.7 Å². The summed E-state index contributed by atoms with van der Waals surface area (Å²) in [5.74, 6) is 0.0416. The highest BCUT2D eigenvalue weighted by molar-refractivity contribution is 7.86. The van der Waals surface area contributed by atoms with Gasteiger partial charge in [-0.05, 0) is 5.41 Å². The lowest BCUT2D eigenvalue weighted by Gasteiger charge is -2.14. The van der Waals surface area contributed by atoms with Crippen LogP contribution in [-0.4, -0.2) is 18.7 Å². The minimum atomic E-state index is -2.68. The van der Waals surface area contributed by atoms with Crippen LogP contribution in [-0.2, 0) is 22.0 Å². The fraction of sp³-hybridized carbons (Fsp3) is 0.500.